The quantitative estimate of drug-likeness (QED) is 0.793. The van der Waals surface area contributed by atoms with Crippen LogP contribution in [0.25, 0.3) is 0 Å². The Labute approximate surface area is 109 Å². The molecule has 0 spiro atoms. The van der Waals surface area contributed by atoms with E-state index in [0.29, 0.717) is 12.4 Å². The summed E-state index contributed by atoms with van der Waals surface area (Å²) in [5, 5.41) is 5.93. The molecule has 0 saturated heterocycles. The van der Waals surface area contributed by atoms with Gasteiger partial charge in [0, 0.05) is 6.61 Å². The van der Waals surface area contributed by atoms with Gasteiger partial charge in [0.2, 0.25) is 11.7 Å². The van der Waals surface area contributed by atoms with Crippen molar-refractivity contribution < 1.29 is 22.4 Å². The number of aromatic nitrogens is 2. The molecule has 8 heteroatoms. The summed E-state index contributed by atoms with van der Waals surface area (Å²) in [5.74, 6) is 0.507. The third kappa shape index (κ3) is 6.02. The molecule has 0 saturated carbocycles. The van der Waals surface area contributed by atoms with Gasteiger partial charge in [-0.1, -0.05) is 18.5 Å². The molecule has 0 amide bonds. The summed E-state index contributed by atoms with van der Waals surface area (Å²) in [4.78, 5) is 4.03. The minimum atomic E-state index is -4.25. The van der Waals surface area contributed by atoms with Crippen molar-refractivity contribution in [1.29, 1.82) is 0 Å². The van der Waals surface area contributed by atoms with Crippen molar-refractivity contribution in [3.63, 3.8) is 0 Å². The van der Waals surface area contributed by atoms with Gasteiger partial charge in [-0.05, 0) is 13.3 Å². The first kappa shape index (κ1) is 15.9. The highest BCUT2D eigenvalue weighted by atomic mass is 19.4. The van der Waals surface area contributed by atoms with Crippen LogP contribution in [0.5, 0.6) is 0 Å². The van der Waals surface area contributed by atoms with Crippen LogP contribution >= 0.6 is 0 Å². The summed E-state index contributed by atoms with van der Waals surface area (Å²) in [5.41, 5.74) is 0. The van der Waals surface area contributed by atoms with Gasteiger partial charge in [0.25, 0.3) is 0 Å². The largest absolute Gasteiger partial charge is 0.401 e. The van der Waals surface area contributed by atoms with E-state index in [-0.39, 0.29) is 18.5 Å². The lowest BCUT2D eigenvalue weighted by molar-refractivity contribution is -0.125. The monoisotopic (exact) mass is 281 g/mol. The molecule has 0 fully saturated rings. The Kier molecular flexibility index (Phi) is 6.23. The predicted octanol–water partition coefficient (Wildman–Crippen LogP) is 2.60. The molecule has 1 aromatic heterocycles. The fourth-order valence-electron chi connectivity index (χ4n) is 1.53. The van der Waals surface area contributed by atoms with Crippen LogP contribution in [0.2, 0.25) is 0 Å². The molecule has 110 valence electrons. The second-order valence-electron chi connectivity index (χ2n) is 4.00. The molecule has 0 aliphatic heterocycles. The molecule has 0 aliphatic rings. The predicted molar refractivity (Wildman–Crippen MR) is 61.3 cm³/mol. The molecule has 1 N–H and O–H groups in total. The van der Waals surface area contributed by atoms with Crippen molar-refractivity contribution in [2.45, 2.75) is 45.5 Å². The molecule has 1 unspecified atom stereocenters. The summed E-state index contributed by atoms with van der Waals surface area (Å²) in [6.45, 7) is 3.17. The first-order valence-corrected chi connectivity index (χ1v) is 6.17. The van der Waals surface area contributed by atoms with Crippen LogP contribution in [0, 0.1) is 0 Å². The zero-order valence-electron chi connectivity index (χ0n) is 11.0. The number of hydrogen-bond donors (Lipinski definition) is 1. The van der Waals surface area contributed by atoms with Gasteiger partial charge in [0.1, 0.15) is 6.10 Å². The topological polar surface area (TPSA) is 60.2 Å². The third-order valence-electron chi connectivity index (χ3n) is 2.29. The Morgan fingerprint density at radius 2 is 2.11 bits per heavy atom. The summed E-state index contributed by atoms with van der Waals surface area (Å²) in [6, 6.07) is 0. The van der Waals surface area contributed by atoms with Gasteiger partial charge >= 0.3 is 6.18 Å². The van der Waals surface area contributed by atoms with Crippen LogP contribution in [-0.4, -0.2) is 29.5 Å². The maximum absolute atomic E-state index is 11.9. The van der Waals surface area contributed by atoms with Crippen LogP contribution < -0.4 is 5.32 Å². The van der Waals surface area contributed by atoms with Gasteiger partial charge in [-0.25, -0.2) is 0 Å². The number of ether oxygens (including phenoxy) is 1. The van der Waals surface area contributed by atoms with Crippen LogP contribution in [0.15, 0.2) is 4.52 Å². The van der Waals surface area contributed by atoms with E-state index in [9.17, 15) is 13.2 Å². The van der Waals surface area contributed by atoms with Gasteiger partial charge in [0.05, 0.1) is 13.1 Å². The molecule has 0 radical (unpaired) electrons. The number of rotatable bonds is 8. The van der Waals surface area contributed by atoms with Crippen LogP contribution in [-0.2, 0) is 11.3 Å². The Bertz CT molecular complexity index is 362. The highest BCUT2D eigenvalue weighted by molar-refractivity contribution is 4.91. The molecule has 0 aromatic carbocycles. The van der Waals surface area contributed by atoms with Crippen molar-refractivity contribution in [3.8, 4) is 0 Å². The van der Waals surface area contributed by atoms with E-state index in [1.54, 1.807) is 0 Å². The maximum atomic E-state index is 11.9. The van der Waals surface area contributed by atoms with Gasteiger partial charge in [-0.15, -0.1) is 0 Å². The smallest absolute Gasteiger partial charge is 0.370 e. The fourth-order valence-corrected chi connectivity index (χ4v) is 1.53. The summed E-state index contributed by atoms with van der Waals surface area (Å²) in [7, 11) is 0. The van der Waals surface area contributed by atoms with E-state index >= 15 is 0 Å². The molecule has 19 heavy (non-hydrogen) atoms. The van der Waals surface area contributed by atoms with E-state index in [2.05, 4.69) is 15.5 Å². The lowest BCUT2D eigenvalue weighted by Gasteiger charge is -2.11. The average Bonchev–Trinajstić information content (AvgIpc) is 2.76. The Hall–Kier alpha value is -1.15. The molecule has 1 atom stereocenters. The number of halogens is 3. The van der Waals surface area contributed by atoms with E-state index in [1.807, 2.05) is 13.8 Å². The number of nitrogens with zero attached hydrogens (tertiary/aromatic N) is 2. The molecular formula is C11H18F3N3O2. The standard InChI is InChI=1S/C11H18F3N3O2/c1-3-5-8(18-4-2)10-16-9(19-17-10)6-15-7-11(12,13)14/h8,15H,3-7H2,1-2H3. The highest BCUT2D eigenvalue weighted by Gasteiger charge is 2.26. The second kappa shape index (κ2) is 7.44. The van der Waals surface area contributed by atoms with E-state index in [4.69, 9.17) is 9.26 Å². The van der Waals surface area contributed by atoms with Crippen LogP contribution in [0.4, 0.5) is 13.2 Å². The Balaban J connectivity index is 2.50. The zero-order chi connectivity index (χ0) is 14.3. The SMILES string of the molecule is CCCC(OCC)c1noc(CNCC(F)(F)F)n1. The Morgan fingerprint density at radius 1 is 1.37 bits per heavy atom. The van der Waals surface area contributed by atoms with Gasteiger partial charge in [-0.2, -0.15) is 18.2 Å². The molecule has 1 heterocycles. The first-order chi connectivity index (χ1) is 8.96. The average molecular weight is 281 g/mol. The van der Waals surface area contributed by atoms with Gasteiger partial charge in [0.15, 0.2) is 0 Å². The number of hydrogen-bond acceptors (Lipinski definition) is 5. The Morgan fingerprint density at radius 3 is 2.68 bits per heavy atom. The van der Waals surface area contributed by atoms with Crippen molar-refractivity contribution in [2.24, 2.45) is 0 Å². The molecule has 0 aliphatic carbocycles. The zero-order valence-corrected chi connectivity index (χ0v) is 11.0. The molecule has 1 aromatic rings. The summed E-state index contributed by atoms with van der Waals surface area (Å²) in [6.07, 6.45) is -2.89. The van der Waals surface area contributed by atoms with Crippen molar-refractivity contribution in [1.82, 2.24) is 15.5 Å². The lowest BCUT2D eigenvalue weighted by Crippen LogP contribution is -2.28. The number of alkyl halides is 3. The molecular weight excluding hydrogens is 263 g/mol. The summed E-state index contributed by atoms with van der Waals surface area (Å²) < 4.78 is 46.2. The van der Waals surface area contributed by atoms with Crippen molar-refractivity contribution in [3.05, 3.63) is 11.7 Å². The highest BCUT2D eigenvalue weighted by Crippen LogP contribution is 2.20. The minimum absolute atomic E-state index is 0.114. The van der Waals surface area contributed by atoms with Crippen molar-refractivity contribution >= 4 is 0 Å². The summed E-state index contributed by atoms with van der Waals surface area (Å²) >= 11 is 0. The first-order valence-electron chi connectivity index (χ1n) is 6.17. The van der Waals surface area contributed by atoms with Crippen LogP contribution in [0.1, 0.15) is 44.5 Å². The second-order valence-corrected chi connectivity index (χ2v) is 4.00. The molecule has 5 nitrogen and oxygen atoms in total. The van der Waals surface area contributed by atoms with Crippen LogP contribution in [0.3, 0.4) is 0 Å². The normalized spacial score (nSPS) is 13.7. The van der Waals surface area contributed by atoms with Gasteiger partial charge < -0.3 is 14.6 Å². The van der Waals surface area contributed by atoms with E-state index in [1.165, 1.54) is 0 Å². The fraction of sp³-hybridized carbons (Fsp3) is 0.818. The maximum Gasteiger partial charge on any atom is 0.401 e. The van der Waals surface area contributed by atoms with E-state index in [0.717, 1.165) is 12.8 Å². The number of nitrogens with one attached hydrogen (secondary N) is 1. The minimum Gasteiger partial charge on any atom is -0.370 e. The lowest BCUT2D eigenvalue weighted by atomic mass is 10.2. The van der Waals surface area contributed by atoms with E-state index < -0.39 is 12.7 Å². The molecule has 1 rings (SSSR count). The molecule has 0 bridgehead atoms. The van der Waals surface area contributed by atoms with Gasteiger partial charge in [-0.3, -0.25) is 0 Å². The third-order valence-corrected chi connectivity index (χ3v) is 2.29. The van der Waals surface area contributed by atoms with Crippen molar-refractivity contribution in [2.75, 3.05) is 13.2 Å².